The molecule has 1 saturated heterocycles. The molecule has 0 amide bonds. The molecule has 2 heteroatoms. The molecule has 2 fully saturated rings. The highest BCUT2D eigenvalue weighted by molar-refractivity contribution is 4.97. The molecule has 0 aromatic carbocycles. The van der Waals surface area contributed by atoms with Crippen LogP contribution >= 0.6 is 0 Å². The van der Waals surface area contributed by atoms with Crippen molar-refractivity contribution in [2.45, 2.75) is 78.9 Å². The van der Waals surface area contributed by atoms with Gasteiger partial charge in [0, 0.05) is 31.2 Å². The monoisotopic (exact) mass is 266 g/mol. The second-order valence-corrected chi connectivity index (χ2v) is 8.04. The Kier molecular flexibility index (Phi) is 4.62. The van der Waals surface area contributed by atoms with Crippen LogP contribution in [0.2, 0.25) is 0 Å². The minimum absolute atomic E-state index is 0.365. The van der Waals surface area contributed by atoms with Crippen molar-refractivity contribution in [2.75, 3.05) is 13.1 Å². The molecule has 19 heavy (non-hydrogen) atoms. The van der Waals surface area contributed by atoms with Crippen molar-refractivity contribution in [1.82, 2.24) is 10.2 Å². The zero-order valence-electron chi connectivity index (χ0n) is 13.9. The van der Waals surface area contributed by atoms with Crippen LogP contribution in [0, 0.1) is 17.3 Å². The largest absolute Gasteiger partial charge is 0.311 e. The fraction of sp³-hybridized carbons (Fsp3) is 1.00. The minimum atomic E-state index is 0.365. The van der Waals surface area contributed by atoms with Crippen LogP contribution < -0.4 is 5.32 Å². The lowest BCUT2D eigenvalue weighted by Gasteiger charge is -2.47. The Hall–Kier alpha value is -0.0800. The van der Waals surface area contributed by atoms with Gasteiger partial charge >= 0.3 is 0 Å². The van der Waals surface area contributed by atoms with Crippen LogP contribution in [-0.2, 0) is 0 Å². The smallest absolute Gasteiger partial charge is 0.0244 e. The van der Waals surface area contributed by atoms with Gasteiger partial charge in [0.05, 0.1) is 0 Å². The first kappa shape index (κ1) is 15.3. The van der Waals surface area contributed by atoms with Crippen molar-refractivity contribution in [3.05, 3.63) is 0 Å². The summed E-state index contributed by atoms with van der Waals surface area (Å²) in [6.07, 6.45) is 4.22. The van der Waals surface area contributed by atoms with E-state index in [0.717, 1.165) is 24.4 Å². The van der Waals surface area contributed by atoms with Crippen molar-refractivity contribution >= 4 is 0 Å². The zero-order valence-corrected chi connectivity index (χ0v) is 13.9. The molecule has 2 nitrogen and oxygen atoms in total. The lowest BCUT2D eigenvalue weighted by molar-refractivity contribution is 0.0407. The lowest BCUT2D eigenvalue weighted by Crippen LogP contribution is -2.62. The molecular formula is C17H34N2. The molecule has 0 bridgehead atoms. The van der Waals surface area contributed by atoms with E-state index in [2.05, 4.69) is 51.8 Å². The minimum Gasteiger partial charge on any atom is -0.311 e. The molecule has 112 valence electrons. The van der Waals surface area contributed by atoms with Crippen LogP contribution in [0.3, 0.4) is 0 Å². The highest BCUT2D eigenvalue weighted by atomic mass is 15.3. The third-order valence-corrected chi connectivity index (χ3v) is 5.80. The fourth-order valence-electron chi connectivity index (χ4n) is 4.20. The van der Waals surface area contributed by atoms with E-state index in [1.165, 1.54) is 25.8 Å². The van der Waals surface area contributed by atoms with E-state index in [4.69, 9.17) is 0 Å². The molecule has 1 saturated carbocycles. The van der Waals surface area contributed by atoms with Gasteiger partial charge in [-0.05, 0) is 37.0 Å². The van der Waals surface area contributed by atoms with E-state index in [-0.39, 0.29) is 0 Å². The fourth-order valence-corrected chi connectivity index (χ4v) is 4.20. The topological polar surface area (TPSA) is 15.3 Å². The molecule has 1 aliphatic carbocycles. The Balaban J connectivity index is 2.05. The van der Waals surface area contributed by atoms with Gasteiger partial charge in [0.25, 0.3) is 0 Å². The van der Waals surface area contributed by atoms with E-state index in [1.807, 2.05) is 0 Å². The standard InChI is InChI=1S/C17H34N2/c1-7-14-8-9-15(13(14)3)19-11-16(17(4,5)6)18-10-12(19)2/h12-16,18H,7-11H2,1-6H3. The summed E-state index contributed by atoms with van der Waals surface area (Å²) >= 11 is 0. The quantitative estimate of drug-likeness (QED) is 0.822. The van der Waals surface area contributed by atoms with Gasteiger partial charge in [-0.2, -0.15) is 0 Å². The van der Waals surface area contributed by atoms with Crippen molar-refractivity contribution in [3.63, 3.8) is 0 Å². The number of hydrogen-bond acceptors (Lipinski definition) is 2. The summed E-state index contributed by atoms with van der Waals surface area (Å²) in [7, 11) is 0. The van der Waals surface area contributed by atoms with Crippen LogP contribution in [0.1, 0.15) is 60.8 Å². The summed E-state index contributed by atoms with van der Waals surface area (Å²) in [6, 6.07) is 2.16. The van der Waals surface area contributed by atoms with Crippen molar-refractivity contribution in [1.29, 1.82) is 0 Å². The van der Waals surface area contributed by atoms with Gasteiger partial charge in [-0.15, -0.1) is 0 Å². The SMILES string of the molecule is CCC1CCC(N2CC(C(C)(C)C)NCC2C)C1C. The van der Waals surface area contributed by atoms with Crippen LogP contribution in [0.4, 0.5) is 0 Å². The Bertz CT molecular complexity index is 294. The Labute approximate surface area is 120 Å². The number of rotatable bonds is 2. The predicted molar refractivity (Wildman–Crippen MR) is 83.4 cm³/mol. The summed E-state index contributed by atoms with van der Waals surface area (Å²) in [5.74, 6) is 1.84. The molecule has 0 aromatic heterocycles. The Morgan fingerprint density at radius 2 is 1.84 bits per heavy atom. The number of nitrogens with one attached hydrogen (secondary N) is 1. The average Bonchev–Trinajstić information content (AvgIpc) is 2.69. The van der Waals surface area contributed by atoms with Gasteiger partial charge in [-0.25, -0.2) is 0 Å². The molecule has 2 aliphatic rings. The summed E-state index contributed by atoms with van der Waals surface area (Å²) in [4.78, 5) is 2.83. The summed E-state index contributed by atoms with van der Waals surface area (Å²) in [5.41, 5.74) is 0.365. The van der Waals surface area contributed by atoms with Crippen LogP contribution in [-0.4, -0.2) is 36.1 Å². The Morgan fingerprint density at radius 3 is 2.37 bits per heavy atom. The van der Waals surface area contributed by atoms with Crippen molar-refractivity contribution in [2.24, 2.45) is 17.3 Å². The first-order valence-electron chi connectivity index (χ1n) is 8.33. The maximum Gasteiger partial charge on any atom is 0.0244 e. The van der Waals surface area contributed by atoms with E-state index in [0.29, 0.717) is 17.5 Å². The van der Waals surface area contributed by atoms with Crippen molar-refractivity contribution < 1.29 is 0 Å². The van der Waals surface area contributed by atoms with Gasteiger partial charge in [0.15, 0.2) is 0 Å². The maximum atomic E-state index is 3.76. The molecule has 5 atom stereocenters. The van der Waals surface area contributed by atoms with E-state index in [1.54, 1.807) is 0 Å². The number of piperazine rings is 1. The van der Waals surface area contributed by atoms with Gasteiger partial charge < -0.3 is 5.32 Å². The first-order chi connectivity index (χ1) is 8.84. The second-order valence-electron chi connectivity index (χ2n) is 8.04. The molecule has 1 aliphatic heterocycles. The van der Waals surface area contributed by atoms with Crippen molar-refractivity contribution in [3.8, 4) is 0 Å². The normalized spacial score (nSPS) is 41.7. The molecule has 5 unspecified atom stereocenters. The van der Waals surface area contributed by atoms with E-state index in [9.17, 15) is 0 Å². The molecule has 1 heterocycles. The van der Waals surface area contributed by atoms with Gasteiger partial charge in [0.1, 0.15) is 0 Å². The molecular weight excluding hydrogens is 232 g/mol. The van der Waals surface area contributed by atoms with Crippen LogP contribution in [0.25, 0.3) is 0 Å². The summed E-state index contributed by atoms with van der Waals surface area (Å²) in [6.45, 7) is 16.7. The second kappa shape index (κ2) is 5.73. The highest BCUT2D eigenvalue weighted by Crippen LogP contribution is 2.39. The maximum absolute atomic E-state index is 3.76. The summed E-state index contributed by atoms with van der Waals surface area (Å²) < 4.78 is 0. The van der Waals surface area contributed by atoms with E-state index < -0.39 is 0 Å². The molecule has 2 rings (SSSR count). The lowest BCUT2D eigenvalue weighted by atomic mass is 9.83. The summed E-state index contributed by atoms with van der Waals surface area (Å²) in [5, 5.41) is 3.76. The molecule has 0 aromatic rings. The average molecular weight is 266 g/mol. The Morgan fingerprint density at radius 1 is 1.16 bits per heavy atom. The molecule has 0 spiro atoms. The van der Waals surface area contributed by atoms with Gasteiger partial charge in [0.2, 0.25) is 0 Å². The van der Waals surface area contributed by atoms with Gasteiger partial charge in [-0.3, -0.25) is 4.90 Å². The predicted octanol–water partition coefficient (Wildman–Crippen LogP) is 3.52. The first-order valence-corrected chi connectivity index (χ1v) is 8.33. The molecule has 0 radical (unpaired) electrons. The van der Waals surface area contributed by atoms with E-state index >= 15 is 0 Å². The molecule has 1 N–H and O–H groups in total. The number of hydrogen-bond donors (Lipinski definition) is 1. The third kappa shape index (κ3) is 3.16. The van der Waals surface area contributed by atoms with Crippen LogP contribution in [0.5, 0.6) is 0 Å². The van der Waals surface area contributed by atoms with Gasteiger partial charge in [-0.1, -0.05) is 41.0 Å². The third-order valence-electron chi connectivity index (χ3n) is 5.80. The van der Waals surface area contributed by atoms with Crippen LogP contribution in [0.15, 0.2) is 0 Å². The highest BCUT2D eigenvalue weighted by Gasteiger charge is 2.41. The zero-order chi connectivity index (χ0) is 14.2. The number of nitrogens with zero attached hydrogens (tertiary/aromatic N) is 1.